The average Bonchev–Trinajstić information content (AvgIpc) is 3.39. The van der Waals surface area contributed by atoms with Crippen LogP contribution in [0.4, 0.5) is 0 Å². The molecule has 0 aromatic heterocycles. The Bertz CT molecular complexity index is 1530. The molecule has 8 nitrogen and oxygen atoms in total. The Hall–Kier alpha value is -3.19. The summed E-state index contributed by atoms with van der Waals surface area (Å²) in [5.41, 5.74) is 5.19. The zero-order valence-electron chi connectivity index (χ0n) is 26.6. The van der Waals surface area contributed by atoms with E-state index >= 15 is 0 Å². The molecule has 240 valence electrons. The smallest absolute Gasteiger partial charge is 0.545 e. The van der Waals surface area contributed by atoms with Gasteiger partial charge < -0.3 is 29.3 Å². The van der Waals surface area contributed by atoms with Gasteiger partial charge in [-0.3, -0.25) is 9.80 Å². The minimum atomic E-state index is -1.14. The number of thioether (sulfide) groups is 2. The number of carbonyl (C=O) groups excluding carboxylic acids is 2. The Morgan fingerprint density at radius 2 is 1.02 bits per heavy atom. The van der Waals surface area contributed by atoms with Crippen molar-refractivity contribution < 1.29 is 29.3 Å². The summed E-state index contributed by atoms with van der Waals surface area (Å²) in [6, 6.07) is 26.3. The molecule has 0 unspecified atom stereocenters. The van der Waals surface area contributed by atoms with Crippen LogP contribution in [-0.4, -0.2) is 83.6 Å². The zero-order valence-corrected chi connectivity index (χ0v) is 29.7. The van der Waals surface area contributed by atoms with E-state index in [2.05, 4.69) is 34.1 Å². The number of carbonyl (C=O) groups is 2. The van der Waals surface area contributed by atoms with E-state index in [1.165, 1.54) is 20.9 Å². The fraction of sp³-hybridized carbons (Fsp3) is 0.278. The molecule has 11 heteroatoms. The van der Waals surface area contributed by atoms with E-state index in [1.807, 2.05) is 59.9 Å². The predicted molar refractivity (Wildman–Crippen MR) is 183 cm³/mol. The van der Waals surface area contributed by atoms with Crippen molar-refractivity contribution in [3.63, 3.8) is 0 Å². The maximum atomic E-state index is 10.8. The molecule has 0 saturated carbocycles. The van der Waals surface area contributed by atoms with Crippen molar-refractivity contribution in [2.24, 2.45) is 0 Å². The maximum absolute atomic E-state index is 10.8. The number of carboxylic acids is 2. The molecular weight excluding hydrogens is 645 g/mol. The molecule has 0 saturated heterocycles. The molecule has 2 aliphatic heterocycles. The molecule has 0 aliphatic carbocycles. The molecule has 0 N–H and O–H groups in total. The molecule has 4 aromatic carbocycles. The van der Waals surface area contributed by atoms with Crippen molar-refractivity contribution >= 4 is 58.5 Å². The van der Waals surface area contributed by atoms with Crippen LogP contribution >= 0.6 is 23.5 Å². The summed E-state index contributed by atoms with van der Waals surface area (Å²) in [6.45, 7) is 5.30. The van der Waals surface area contributed by atoms with Crippen molar-refractivity contribution in [1.82, 2.24) is 9.80 Å². The van der Waals surface area contributed by atoms with Crippen LogP contribution in [0.5, 0.6) is 11.5 Å². The van der Waals surface area contributed by atoms with Crippen LogP contribution < -0.4 is 19.7 Å². The van der Waals surface area contributed by atoms with Gasteiger partial charge in [-0.15, -0.1) is 23.5 Å². The molecule has 0 bridgehead atoms. The van der Waals surface area contributed by atoms with Crippen molar-refractivity contribution in [1.29, 1.82) is 0 Å². The van der Waals surface area contributed by atoms with Crippen molar-refractivity contribution in [2.45, 2.75) is 36.0 Å². The summed E-state index contributed by atoms with van der Waals surface area (Å²) in [6.07, 6.45) is 0. The molecule has 2 heterocycles. The number of methoxy groups -OCH3 is 2. The Kier molecular flexibility index (Phi) is 13.9. The summed E-state index contributed by atoms with van der Waals surface area (Å²) >= 11 is 3.73. The maximum Gasteiger partial charge on any atom is 2.00 e. The van der Waals surface area contributed by atoms with E-state index in [0.717, 1.165) is 73.4 Å². The first-order valence-electron chi connectivity index (χ1n) is 15.0. The fourth-order valence-corrected chi connectivity index (χ4v) is 7.47. The second-order valence-electron chi connectivity index (χ2n) is 11.0. The van der Waals surface area contributed by atoms with Crippen LogP contribution in [0.2, 0.25) is 0 Å². The molecular formula is C36H36MgN2O6S2. The third-order valence-electron chi connectivity index (χ3n) is 7.85. The van der Waals surface area contributed by atoms with Gasteiger partial charge in [-0.25, -0.2) is 0 Å². The molecule has 0 amide bonds. The van der Waals surface area contributed by atoms with Crippen LogP contribution in [0, 0.1) is 0 Å². The Morgan fingerprint density at radius 1 is 0.638 bits per heavy atom. The third-order valence-corrected chi connectivity index (χ3v) is 10.0. The van der Waals surface area contributed by atoms with E-state index in [9.17, 15) is 19.8 Å². The quantitative estimate of drug-likeness (QED) is 0.254. The SMILES string of the molecule is COc1ccc2c(c1)CN(Cc1ccc(C(=O)[O-])cc1)CCS2.COc1ccc2c(c1)CN(Cc1ccc(C(=O)[O-])cc1)CCS2.[Mg+2]. The van der Waals surface area contributed by atoms with Crippen LogP contribution in [0.1, 0.15) is 43.0 Å². The van der Waals surface area contributed by atoms with Gasteiger partial charge in [0.1, 0.15) is 11.5 Å². The summed E-state index contributed by atoms with van der Waals surface area (Å²) in [5.74, 6) is 1.56. The summed E-state index contributed by atoms with van der Waals surface area (Å²) in [5, 5.41) is 21.6. The number of nitrogens with zero attached hydrogens (tertiary/aromatic N) is 2. The number of ether oxygens (including phenoxy) is 2. The second-order valence-corrected chi connectivity index (χ2v) is 13.3. The van der Waals surface area contributed by atoms with Gasteiger partial charge in [0.25, 0.3) is 0 Å². The molecule has 0 atom stereocenters. The van der Waals surface area contributed by atoms with E-state index in [4.69, 9.17) is 9.47 Å². The number of aromatic carboxylic acids is 2. The van der Waals surface area contributed by atoms with Crippen LogP contribution in [0.15, 0.2) is 94.7 Å². The summed E-state index contributed by atoms with van der Waals surface area (Å²) in [7, 11) is 3.37. The Morgan fingerprint density at radius 3 is 1.36 bits per heavy atom. The number of hydrogen-bond donors (Lipinski definition) is 0. The normalized spacial score (nSPS) is 14.5. The first-order chi connectivity index (χ1) is 22.3. The number of hydrogen-bond acceptors (Lipinski definition) is 10. The minimum Gasteiger partial charge on any atom is -0.545 e. The van der Waals surface area contributed by atoms with Crippen molar-refractivity contribution in [3.05, 3.63) is 118 Å². The number of fused-ring (bicyclic) bond motifs is 2. The van der Waals surface area contributed by atoms with E-state index < -0.39 is 11.9 Å². The van der Waals surface area contributed by atoms with Gasteiger partial charge in [-0.05, 0) is 69.8 Å². The van der Waals surface area contributed by atoms with Crippen LogP contribution in [-0.2, 0) is 26.2 Å². The van der Waals surface area contributed by atoms with Gasteiger partial charge in [-0.2, -0.15) is 0 Å². The van der Waals surface area contributed by atoms with Gasteiger partial charge >= 0.3 is 23.1 Å². The van der Waals surface area contributed by atoms with E-state index in [1.54, 1.807) is 38.5 Å². The average molecular weight is 681 g/mol. The van der Waals surface area contributed by atoms with Crippen molar-refractivity contribution in [3.8, 4) is 11.5 Å². The van der Waals surface area contributed by atoms with Gasteiger partial charge in [0, 0.05) is 60.6 Å². The molecule has 4 aromatic rings. The Balaban J connectivity index is 0.000000208. The van der Waals surface area contributed by atoms with Crippen molar-refractivity contribution in [2.75, 3.05) is 38.8 Å². The van der Waals surface area contributed by atoms with Gasteiger partial charge in [-0.1, -0.05) is 48.5 Å². The second kappa shape index (κ2) is 17.8. The monoisotopic (exact) mass is 680 g/mol. The summed E-state index contributed by atoms with van der Waals surface area (Å²) < 4.78 is 10.6. The third kappa shape index (κ3) is 10.4. The summed E-state index contributed by atoms with van der Waals surface area (Å²) in [4.78, 5) is 29.0. The van der Waals surface area contributed by atoms with Gasteiger partial charge in [0.2, 0.25) is 0 Å². The molecule has 6 rings (SSSR count). The molecule has 0 spiro atoms. The standard InChI is InChI=1S/2C18H19NO3S.Mg/c2*1-22-16-6-7-17-15(10-16)12-19(8-9-23-17)11-13-2-4-14(5-3-13)18(20)21;/h2*2-7,10H,8-9,11-12H2,1H3,(H,20,21);/q;;+2/p-2. The number of rotatable bonds is 8. The fourth-order valence-electron chi connectivity index (χ4n) is 5.38. The van der Waals surface area contributed by atoms with Crippen LogP contribution in [0.3, 0.4) is 0 Å². The topological polar surface area (TPSA) is 105 Å². The molecule has 2 aliphatic rings. The molecule has 0 fully saturated rings. The Labute approximate surface area is 300 Å². The first kappa shape index (κ1) is 36.6. The number of carboxylic acid groups (broad SMARTS) is 2. The largest absolute Gasteiger partial charge is 2.00 e. The number of benzene rings is 4. The first-order valence-corrected chi connectivity index (χ1v) is 16.9. The zero-order chi connectivity index (χ0) is 32.5. The van der Waals surface area contributed by atoms with Crippen LogP contribution in [0.25, 0.3) is 0 Å². The minimum absolute atomic E-state index is 0. The van der Waals surface area contributed by atoms with E-state index in [0.29, 0.717) is 0 Å². The van der Waals surface area contributed by atoms with E-state index in [-0.39, 0.29) is 34.2 Å². The molecule has 47 heavy (non-hydrogen) atoms. The van der Waals surface area contributed by atoms with Gasteiger partial charge in [0.05, 0.1) is 26.2 Å². The molecule has 0 radical (unpaired) electrons. The van der Waals surface area contributed by atoms with Gasteiger partial charge in [0.15, 0.2) is 0 Å². The predicted octanol–water partition coefficient (Wildman–Crippen LogP) is 3.95.